The van der Waals surface area contributed by atoms with Crippen LogP contribution in [-0.4, -0.2) is 24.9 Å². The van der Waals surface area contributed by atoms with Gasteiger partial charge in [0, 0.05) is 132 Å². The molecule has 5 nitrogen and oxygen atoms in total. The third-order valence-electron chi connectivity index (χ3n) is 20.2. The Morgan fingerprint density at radius 2 is 0.566 bits per heavy atom. The minimum atomic E-state index is 0. The molecule has 5 radical (unpaired) electrons. The zero-order chi connectivity index (χ0) is 73.5. The Labute approximate surface area is 728 Å². The molecule has 563 valence electrons. The monoisotopic (exact) mass is 2350 g/mol. The van der Waals surface area contributed by atoms with Gasteiger partial charge >= 0.3 is 0 Å². The second-order valence-electron chi connectivity index (χ2n) is 28.2. The van der Waals surface area contributed by atoms with Gasteiger partial charge in [0.15, 0.2) is 0 Å². The molecule has 10 heteroatoms. The Morgan fingerprint density at radius 3 is 0.885 bits per heavy atom. The molecule has 0 N–H and O–H groups in total. The van der Waals surface area contributed by atoms with Gasteiger partial charge in [-0.1, -0.05) is 230 Å². The van der Waals surface area contributed by atoms with Gasteiger partial charge in [-0.15, -0.1) is 177 Å². The molecule has 0 amide bonds. The molecular weight excluding hydrogens is 2270 g/mol. The molecule has 0 spiro atoms. The van der Waals surface area contributed by atoms with Crippen molar-refractivity contribution in [2.45, 2.75) is 53.4 Å². The van der Waals surface area contributed by atoms with Crippen molar-refractivity contribution in [1.82, 2.24) is 24.9 Å². The van der Waals surface area contributed by atoms with Gasteiger partial charge in [0.1, 0.15) is 0 Å². The molecule has 5 aromatic heterocycles. The van der Waals surface area contributed by atoms with Crippen LogP contribution in [0.3, 0.4) is 0 Å². The van der Waals surface area contributed by atoms with Crippen molar-refractivity contribution in [1.29, 1.82) is 0 Å². The summed E-state index contributed by atoms with van der Waals surface area (Å²) in [5.41, 5.74) is 15.4. The Kier molecular flexibility index (Phi) is 28.3. The second-order valence-corrected chi connectivity index (χ2v) is 28.2. The maximum atomic E-state index is 4.68. The third kappa shape index (κ3) is 18.3. The van der Waals surface area contributed by atoms with Gasteiger partial charge in [-0.05, 0) is 172 Å². The standard InChI is InChI=1S/C23H20N.C21H16N.2C20H14N.C19H12N.5Ir/c1-23(2,3)18-9-6-8-17(15-18)22-21-12-11-16-7-4-5-10-19(16)20(21)13-14-24-22;1-2-15-7-9-17(10-8-15)21-20-12-11-16-5-3-4-6-18(16)19(20)13-14-22-21;1-14-5-4-7-16(13-14)20-19-10-9-15-6-2-3-8-17(15)18(19)11-12-21-20;1-14-6-8-16(9-7-14)20-19-11-10-15-4-2-3-5-17(15)18(19)12-13-21-20;1-2-7-15(8-3-1)19-18-11-10-14-6-4-5-9-16(14)17(18)12-13-20-19;;;;;/h4-7,9-15H,1-3H3;3-9,11-14H,2H2,1H3;2-6,8-13H,1H3;2-8,10-13H,1H3;1-7,9-13H;;;;;/q5*-1;;;;;. The van der Waals surface area contributed by atoms with Crippen LogP contribution in [0.2, 0.25) is 0 Å². The van der Waals surface area contributed by atoms with E-state index in [9.17, 15) is 0 Å². The van der Waals surface area contributed by atoms with E-state index in [0.717, 1.165) is 62.7 Å². The molecule has 0 saturated heterocycles. The fourth-order valence-corrected chi connectivity index (χ4v) is 14.6. The minimum Gasteiger partial charge on any atom is -0.304 e. The van der Waals surface area contributed by atoms with E-state index in [2.05, 4.69) is 370 Å². The third-order valence-corrected chi connectivity index (χ3v) is 20.2. The summed E-state index contributed by atoms with van der Waals surface area (Å²) in [4.78, 5) is 23.0. The SMILES string of the molecule is CC(C)(C)c1cc[c-]c(-c2nccc3c2ccc2ccccc23)c1.CCc1c[c-]c(-c2nccc3c2ccc2ccccc23)cc1.Cc1c[c-]c(-c2nccc3c2ccc2ccccc23)cc1.Cc1cc[c-]c(-c2nccc3c2ccc2ccccc23)c1.[Ir].[Ir].[Ir].[Ir].[Ir].[c-]1ccccc1-c1nccc2c1ccc1ccccc12. The van der Waals surface area contributed by atoms with Crippen LogP contribution >= 0.6 is 0 Å². The first-order valence-corrected chi connectivity index (χ1v) is 36.8. The van der Waals surface area contributed by atoms with Crippen LogP contribution in [0.15, 0.2) is 340 Å². The number of pyridine rings is 5. The van der Waals surface area contributed by atoms with Gasteiger partial charge in [-0.2, -0.15) is 0 Å². The molecule has 0 atom stereocenters. The maximum absolute atomic E-state index is 4.68. The average molecular weight is 2340 g/mol. The predicted octanol–water partition coefficient (Wildman–Crippen LogP) is 26.7. The molecule has 20 aromatic rings. The van der Waals surface area contributed by atoms with Crippen molar-refractivity contribution in [3.8, 4) is 56.3 Å². The van der Waals surface area contributed by atoms with Crippen LogP contribution in [0.1, 0.15) is 49.9 Å². The molecular formula is C103H76Ir5N5-5. The van der Waals surface area contributed by atoms with E-state index < -0.39 is 0 Å². The number of fused-ring (bicyclic) bond motifs is 15. The number of benzene rings is 15. The van der Waals surface area contributed by atoms with Gasteiger partial charge in [0.2, 0.25) is 0 Å². The Bertz CT molecular complexity index is 6690. The summed E-state index contributed by atoms with van der Waals surface area (Å²) < 4.78 is 0. The molecule has 0 unspecified atom stereocenters. The number of aromatic nitrogens is 5. The van der Waals surface area contributed by atoms with Gasteiger partial charge in [0.25, 0.3) is 0 Å². The first-order chi connectivity index (χ1) is 53.0. The van der Waals surface area contributed by atoms with Crippen LogP contribution in [0.5, 0.6) is 0 Å². The normalized spacial score (nSPS) is 10.8. The average Bonchev–Trinajstić information content (AvgIpc) is 0.792. The van der Waals surface area contributed by atoms with E-state index in [1.54, 1.807) is 0 Å². The van der Waals surface area contributed by atoms with Gasteiger partial charge in [0.05, 0.1) is 0 Å². The van der Waals surface area contributed by atoms with Crippen LogP contribution in [0, 0.1) is 44.2 Å². The summed E-state index contributed by atoms with van der Waals surface area (Å²) in [6.45, 7) is 13.0. The first-order valence-electron chi connectivity index (χ1n) is 36.8. The van der Waals surface area contributed by atoms with E-state index in [1.807, 2.05) is 67.4 Å². The minimum absolute atomic E-state index is 0. The molecule has 0 aliphatic heterocycles. The van der Waals surface area contributed by atoms with Crippen LogP contribution < -0.4 is 0 Å². The van der Waals surface area contributed by atoms with Gasteiger partial charge in [-0.3, -0.25) is 0 Å². The zero-order valence-corrected chi connectivity index (χ0v) is 74.9. The van der Waals surface area contributed by atoms with Crippen molar-refractivity contribution >= 4 is 108 Å². The number of hydrogen-bond acceptors (Lipinski definition) is 5. The molecule has 15 aromatic carbocycles. The number of rotatable bonds is 6. The summed E-state index contributed by atoms with van der Waals surface area (Å²) in [5.74, 6) is 0. The van der Waals surface area contributed by atoms with Crippen molar-refractivity contribution < 1.29 is 101 Å². The Hall–Kier alpha value is -10.1. The summed E-state index contributed by atoms with van der Waals surface area (Å²) in [6.07, 6.45) is 10.5. The molecule has 0 fully saturated rings. The van der Waals surface area contributed by atoms with Gasteiger partial charge in [-0.25, -0.2) is 0 Å². The first kappa shape index (κ1) is 83.8. The van der Waals surface area contributed by atoms with Crippen molar-refractivity contribution in [2.24, 2.45) is 0 Å². The second kappa shape index (κ2) is 38.1. The van der Waals surface area contributed by atoms with Crippen molar-refractivity contribution in [3.63, 3.8) is 0 Å². The van der Waals surface area contributed by atoms with Crippen LogP contribution in [-0.2, 0) is 112 Å². The van der Waals surface area contributed by atoms with E-state index >= 15 is 0 Å². The van der Waals surface area contributed by atoms with E-state index in [1.165, 1.54) is 130 Å². The Balaban J connectivity index is 0.000000138. The summed E-state index contributed by atoms with van der Waals surface area (Å²) in [5, 5.41) is 24.8. The zero-order valence-electron chi connectivity index (χ0n) is 62.9. The van der Waals surface area contributed by atoms with E-state index in [-0.39, 0.29) is 106 Å². The topological polar surface area (TPSA) is 64.5 Å². The van der Waals surface area contributed by atoms with Crippen LogP contribution in [0.4, 0.5) is 0 Å². The predicted molar refractivity (Wildman–Crippen MR) is 455 cm³/mol. The maximum Gasteiger partial charge on any atom is 0.0167 e. The molecule has 20 rings (SSSR count). The molecule has 0 saturated carbocycles. The van der Waals surface area contributed by atoms with Gasteiger partial charge < -0.3 is 24.9 Å². The molecule has 113 heavy (non-hydrogen) atoms. The molecule has 0 aliphatic carbocycles. The van der Waals surface area contributed by atoms with Crippen molar-refractivity contribution in [3.05, 3.63) is 393 Å². The summed E-state index contributed by atoms with van der Waals surface area (Å²) in [7, 11) is 0. The van der Waals surface area contributed by atoms with E-state index in [4.69, 9.17) is 0 Å². The van der Waals surface area contributed by atoms with Crippen molar-refractivity contribution in [2.75, 3.05) is 0 Å². The Morgan fingerprint density at radius 1 is 0.248 bits per heavy atom. The summed E-state index contributed by atoms with van der Waals surface area (Å²) in [6, 6.07) is 124. The number of hydrogen-bond donors (Lipinski definition) is 0. The molecule has 0 aliphatic rings. The van der Waals surface area contributed by atoms with Crippen LogP contribution in [0.25, 0.3) is 164 Å². The largest absolute Gasteiger partial charge is 0.304 e. The smallest absolute Gasteiger partial charge is 0.0167 e. The molecule has 5 heterocycles. The van der Waals surface area contributed by atoms with E-state index in [0.29, 0.717) is 0 Å². The number of aryl methyl sites for hydroxylation is 3. The molecule has 0 bridgehead atoms. The fraction of sp³-hybridized carbons (Fsp3) is 0.0777. The number of nitrogens with zero attached hydrogens (tertiary/aromatic N) is 5. The quantitative estimate of drug-likeness (QED) is 0.123. The summed E-state index contributed by atoms with van der Waals surface area (Å²) >= 11 is 0. The fourth-order valence-electron chi connectivity index (χ4n) is 14.6.